The van der Waals surface area contributed by atoms with E-state index in [0.29, 0.717) is 19.5 Å². The van der Waals surface area contributed by atoms with E-state index in [1.54, 1.807) is 11.8 Å². The zero-order valence-corrected chi connectivity index (χ0v) is 12.3. The van der Waals surface area contributed by atoms with Crippen molar-refractivity contribution < 1.29 is 15.0 Å². The fourth-order valence-electron chi connectivity index (χ4n) is 3.06. The third-order valence-corrected chi connectivity index (χ3v) is 4.62. The normalized spacial score (nSPS) is 29.5. The lowest BCUT2D eigenvalue weighted by Crippen LogP contribution is -2.56. The van der Waals surface area contributed by atoms with Crippen molar-refractivity contribution in [2.24, 2.45) is 0 Å². The Labute approximate surface area is 124 Å². The monoisotopic (exact) mass is 290 g/mol. The Bertz CT molecular complexity index is 519. The highest BCUT2D eigenvalue weighted by atomic mass is 16.3. The number of fused-ring (bicyclic) bond motifs is 1. The van der Waals surface area contributed by atoms with Gasteiger partial charge in [0.1, 0.15) is 0 Å². The molecule has 0 radical (unpaired) electrons. The van der Waals surface area contributed by atoms with Gasteiger partial charge in [0.2, 0.25) is 5.91 Å². The molecule has 1 amide bonds. The van der Waals surface area contributed by atoms with Gasteiger partial charge >= 0.3 is 0 Å². The molecular weight excluding hydrogens is 268 g/mol. The van der Waals surface area contributed by atoms with Gasteiger partial charge in [0.05, 0.1) is 18.2 Å². The molecule has 0 aliphatic carbocycles. The molecule has 5 heteroatoms. The van der Waals surface area contributed by atoms with Crippen molar-refractivity contribution in [2.45, 2.75) is 38.1 Å². The Morgan fingerprint density at radius 3 is 2.52 bits per heavy atom. The Morgan fingerprint density at radius 1 is 1.33 bits per heavy atom. The van der Waals surface area contributed by atoms with Crippen molar-refractivity contribution in [3.8, 4) is 0 Å². The molecule has 21 heavy (non-hydrogen) atoms. The van der Waals surface area contributed by atoms with E-state index in [2.05, 4.69) is 17.0 Å². The van der Waals surface area contributed by atoms with Crippen molar-refractivity contribution >= 4 is 5.91 Å². The number of hydrogen-bond donors (Lipinski definition) is 2. The molecule has 114 valence electrons. The zero-order chi connectivity index (χ0) is 15.0. The van der Waals surface area contributed by atoms with Crippen molar-refractivity contribution in [1.29, 1.82) is 0 Å². The van der Waals surface area contributed by atoms with Crippen LogP contribution in [0.1, 0.15) is 24.5 Å². The first kappa shape index (κ1) is 14.5. The summed E-state index contributed by atoms with van der Waals surface area (Å²) < 4.78 is 0. The van der Waals surface area contributed by atoms with Crippen LogP contribution in [0.3, 0.4) is 0 Å². The molecule has 2 aliphatic rings. The van der Waals surface area contributed by atoms with Gasteiger partial charge < -0.3 is 15.1 Å². The summed E-state index contributed by atoms with van der Waals surface area (Å²) in [5.41, 5.74) is 1.49. The van der Waals surface area contributed by atoms with Gasteiger partial charge in [-0.15, -0.1) is 0 Å². The average molecular weight is 290 g/mol. The second-order valence-electron chi connectivity index (χ2n) is 6.38. The van der Waals surface area contributed by atoms with Crippen LogP contribution in [0.5, 0.6) is 0 Å². The Kier molecular flexibility index (Phi) is 3.73. The third-order valence-electron chi connectivity index (χ3n) is 4.62. The number of nitrogens with zero attached hydrogens (tertiary/aromatic N) is 2. The van der Waals surface area contributed by atoms with E-state index in [0.717, 1.165) is 13.1 Å². The number of piperidine rings is 1. The lowest BCUT2D eigenvalue weighted by Gasteiger charge is -2.40. The van der Waals surface area contributed by atoms with Crippen LogP contribution in [0.2, 0.25) is 0 Å². The molecule has 5 nitrogen and oxygen atoms in total. The maximum absolute atomic E-state index is 12.4. The summed E-state index contributed by atoms with van der Waals surface area (Å²) in [6.07, 6.45) is -0.453. The minimum Gasteiger partial charge on any atom is -0.388 e. The summed E-state index contributed by atoms with van der Waals surface area (Å²) in [5.74, 6) is 0.0253. The number of benzene rings is 1. The van der Waals surface area contributed by atoms with Crippen LogP contribution in [-0.2, 0) is 17.9 Å². The van der Waals surface area contributed by atoms with Gasteiger partial charge in [-0.2, -0.15) is 0 Å². The molecule has 2 atom stereocenters. The molecule has 2 aliphatic heterocycles. The van der Waals surface area contributed by atoms with Gasteiger partial charge in [-0.3, -0.25) is 9.69 Å². The van der Waals surface area contributed by atoms with Crippen molar-refractivity contribution in [2.75, 3.05) is 19.6 Å². The first-order valence-corrected chi connectivity index (χ1v) is 7.43. The standard InChI is InChI=1S/C16H22N2O3/c1-16(21)6-7-18(10-14(16)19)15(20)11-17-8-12-4-2-3-5-13(12)9-17/h2-5,14,19,21H,6-11H2,1H3/t14-,16-/m1/s1. The lowest BCUT2D eigenvalue weighted by atomic mass is 9.91. The van der Waals surface area contributed by atoms with Gasteiger partial charge in [-0.25, -0.2) is 0 Å². The number of rotatable bonds is 2. The van der Waals surface area contributed by atoms with Gasteiger partial charge in [0, 0.05) is 26.2 Å². The molecule has 0 saturated carbocycles. The minimum absolute atomic E-state index is 0.0253. The van der Waals surface area contributed by atoms with Gasteiger partial charge in [-0.05, 0) is 24.5 Å². The number of carbonyl (C=O) groups excluding carboxylic acids is 1. The van der Waals surface area contributed by atoms with Crippen LogP contribution in [-0.4, -0.2) is 57.3 Å². The van der Waals surface area contributed by atoms with E-state index in [1.165, 1.54) is 11.1 Å². The number of β-amino-alcohol motifs (C(OH)–C–C–N with tert-alkyl or cyclic N) is 1. The molecule has 3 rings (SSSR count). The first-order chi connectivity index (χ1) is 9.95. The third kappa shape index (κ3) is 2.95. The minimum atomic E-state index is -1.08. The fraction of sp³-hybridized carbons (Fsp3) is 0.562. The second-order valence-corrected chi connectivity index (χ2v) is 6.38. The molecule has 2 N–H and O–H groups in total. The predicted molar refractivity (Wildman–Crippen MR) is 78.4 cm³/mol. The summed E-state index contributed by atoms with van der Waals surface area (Å²) in [4.78, 5) is 16.1. The van der Waals surface area contributed by atoms with E-state index in [1.807, 2.05) is 12.1 Å². The van der Waals surface area contributed by atoms with Crippen LogP contribution >= 0.6 is 0 Å². The number of amides is 1. The molecule has 0 spiro atoms. The molecule has 0 bridgehead atoms. The number of likely N-dealkylation sites (tertiary alicyclic amines) is 1. The van der Waals surface area contributed by atoms with E-state index < -0.39 is 11.7 Å². The van der Waals surface area contributed by atoms with Crippen LogP contribution in [0.15, 0.2) is 24.3 Å². The van der Waals surface area contributed by atoms with Crippen LogP contribution in [0.25, 0.3) is 0 Å². The maximum atomic E-state index is 12.4. The number of hydrogen-bond acceptors (Lipinski definition) is 4. The van der Waals surface area contributed by atoms with Gasteiger partial charge in [-0.1, -0.05) is 24.3 Å². The van der Waals surface area contributed by atoms with Crippen molar-refractivity contribution in [1.82, 2.24) is 9.80 Å². The van der Waals surface area contributed by atoms with E-state index in [4.69, 9.17) is 0 Å². The number of aliphatic hydroxyl groups excluding tert-OH is 1. The zero-order valence-electron chi connectivity index (χ0n) is 12.3. The predicted octanol–water partition coefficient (Wildman–Crippen LogP) is 0.346. The molecule has 1 saturated heterocycles. The van der Waals surface area contributed by atoms with Crippen LogP contribution in [0.4, 0.5) is 0 Å². The topological polar surface area (TPSA) is 64.0 Å². The average Bonchev–Trinajstić information content (AvgIpc) is 2.83. The smallest absolute Gasteiger partial charge is 0.236 e. The summed E-state index contributed by atoms with van der Waals surface area (Å²) >= 11 is 0. The fourth-order valence-corrected chi connectivity index (χ4v) is 3.06. The summed E-state index contributed by atoms with van der Waals surface area (Å²) in [5, 5.41) is 19.8. The molecule has 1 aromatic carbocycles. The molecule has 1 fully saturated rings. The number of aliphatic hydroxyl groups is 2. The van der Waals surface area contributed by atoms with E-state index in [9.17, 15) is 15.0 Å². The van der Waals surface area contributed by atoms with Crippen LogP contribution < -0.4 is 0 Å². The molecule has 1 aromatic rings. The van der Waals surface area contributed by atoms with Crippen LogP contribution in [0, 0.1) is 0 Å². The molecular formula is C16H22N2O3. The van der Waals surface area contributed by atoms with Crippen molar-refractivity contribution in [3.05, 3.63) is 35.4 Å². The Hall–Kier alpha value is -1.43. The van der Waals surface area contributed by atoms with Crippen molar-refractivity contribution in [3.63, 3.8) is 0 Å². The largest absolute Gasteiger partial charge is 0.388 e. The molecule has 0 unspecified atom stereocenters. The van der Waals surface area contributed by atoms with E-state index in [-0.39, 0.29) is 12.5 Å². The number of carbonyl (C=O) groups is 1. The highest BCUT2D eigenvalue weighted by molar-refractivity contribution is 5.78. The lowest BCUT2D eigenvalue weighted by molar-refractivity contribution is -0.147. The highest BCUT2D eigenvalue weighted by Crippen LogP contribution is 2.24. The summed E-state index contributed by atoms with van der Waals surface area (Å²) in [7, 11) is 0. The van der Waals surface area contributed by atoms with Gasteiger partial charge in [0.15, 0.2) is 0 Å². The molecule has 2 heterocycles. The van der Waals surface area contributed by atoms with E-state index >= 15 is 0 Å². The second kappa shape index (κ2) is 5.40. The Morgan fingerprint density at radius 2 is 1.95 bits per heavy atom. The Balaban J connectivity index is 1.57. The summed E-state index contributed by atoms with van der Waals surface area (Å²) in [6, 6.07) is 8.24. The first-order valence-electron chi connectivity index (χ1n) is 7.43. The quantitative estimate of drug-likeness (QED) is 0.825. The maximum Gasteiger partial charge on any atom is 0.236 e. The highest BCUT2D eigenvalue weighted by Gasteiger charge is 2.38. The SMILES string of the molecule is C[C@@]1(O)CCN(C(=O)CN2Cc3ccccc3C2)C[C@H]1O. The van der Waals surface area contributed by atoms with Gasteiger partial charge in [0.25, 0.3) is 0 Å². The summed E-state index contributed by atoms with van der Waals surface area (Å²) in [6.45, 7) is 4.31. The molecule has 0 aromatic heterocycles.